The summed E-state index contributed by atoms with van der Waals surface area (Å²) in [5.41, 5.74) is -0.0376. The van der Waals surface area contributed by atoms with Crippen LogP contribution in [0.15, 0.2) is 34.9 Å². The topological polar surface area (TPSA) is 28.4 Å². The molecule has 1 aromatic carbocycles. The number of furan rings is 1. The van der Waals surface area contributed by atoms with Gasteiger partial charge >= 0.3 is 0 Å². The van der Waals surface area contributed by atoms with Crippen molar-refractivity contribution in [1.29, 1.82) is 0 Å². The predicted molar refractivity (Wildman–Crippen MR) is 78.6 cm³/mol. The van der Waals surface area contributed by atoms with Gasteiger partial charge in [-0.15, -0.1) is 12.4 Å². The van der Waals surface area contributed by atoms with Crippen LogP contribution in [0, 0.1) is 17.5 Å². The van der Waals surface area contributed by atoms with Crippen molar-refractivity contribution in [3.8, 4) is 0 Å². The van der Waals surface area contributed by atoms with Gasteiger partial charge in [0.15, 0.2) is 11.6 Å². The number of benzene rings is 1. The lowest BCUT2D eigenvalue weighted by Gasteiger charge is -2.34. The second-order valence-electron chi connectivity index (χ2n) is 4.99. The Morgan fingerprint density at radius 3 is 2.50 bits per heavy atom. The molecule has 0 bridgehead atoms. The molecule has 1 atom stereocenters. The maximum absolute atomic E-state index is 14.2. The first kappa shape index (κ1) is 16.9. The Hall–Kier alpha value is -1.50. The molecule has 0 radical (unpaired) electrons. The van der Waals surface area contributed by atoms with Crippen LogP contribution in [0.5, 0.6) is 0 Å². The number of rotatable bonds is 3. The SMILES string of the molecule is Cl.Fc1cc(F)c(F)c([C@H](c2ccco2)N2CCNCC2)c1. The highest BCUT2D eigenvalue weighted by Gasteiger charge is 2.30. The molecule has 1 fully saturated rings. The number of halogens is 4. The van der Waals surface area contributed by atoms with Crippen LogP contribution < -0.4 is 5.32 Å². The van der Waals surface area contributed by atoms with Crippen LogP contribution in [0.4, 0.5) is 13.2 Å². The highest BCUT2D eigenvalue weighted by atomic mass is 35.5. The summed E-state index contributed by atoms with van der Waals surface area (Å²) in [5.74, 6) is -2.54. The van der Waals surface area contributed by atoms with E-state index in [0.717, 1.165) is 19.2 Å². The molecule has 0 amide bonds. The van der Waals surface area contributed by atoms with Crippen LogP contribution in [0.3, 0.4) is 0 Å². The first-order valence-corrected chi connectivity index (χ1v) is 6.79. The number of nitrogens with one attached hydrogen (secondary N) is 1. The molecule has 1 aromatic heterocycles. The van der Waals surface area contributed by atoms with Crippen molar-refractivity contribution in [1.82, 2.24) is 10.2 Å². The molecule has 7 heteroatoms. The van der Waals surface area contributed by atoms with E-state index in [0.29, 0.717) is 24.9 Å². The van der Waals surface area contributed by atoms with Crippen LogP contribution >= 0.6 is 12.4 Å². The minimum absolute atomic E-state index is 0. The van der Waals surface area contributed by atoms with Gasteiger partial charge in [-0.1, -0.05) is 0 Å². The molecule has 0 spiro atoms. The van der Waals surface area contributed by atoms with Crippen molar-refractivity contribution >= 4 is 12.4 Å². The fraction of sp³-hybridized carbons (Fsp3) is 0.333. The zero-order valence-corrected chi connectivity index (χ0v) is 12.5. The standard InChI is InChI=1S/C15H15F3N2O.ClH/c16-10-8-11(14(18)12(17)9-10)15(13-2-1-7-21-13)20-5-3-19-4-6-20;/h1-2,7-9,15,19H,3-6H2;1H/t15-;/m1./s1. The van der Waals surface area contributed by atoms with Gasteiger partial charge in [-0.05, 0) is 18.2 Å². The van der Waals surface area contributed by atoms with E-state index in [1.807, 2.05) is 4.90 Å². The van der Waals surface area contributed by atoms with Gasteiger partial charge in [0, 0.05) is 37.8 Å². The van der Waals surface area contributed by atoms with Gasteiger partial charge in [0.2, 0.25) is 0 Å². The Labute approximate surface area is 132 Å². The number of hydrogen-bond acceptors (Lipinski definition) is 3. The molecule has 2 heterocycles. The molecule has 3 nitrogen and oxygen atoms in total. The summed E-state index contributed by atoms with van der Waals surface area (Å²) in [6, 6.07) is 4.32. The lowest BCUT2D eigenvalue weighted by Crippen LogP contribution is -2.45. The smallest absolute Gasteiger partial charge is 0.164 e. The Bertz CT molecular complexity index is 616. The lowest BCUT2D eigenvalue weighted by molar-refractivity contribution is 0.176. The van der Waals surface area contributed by atoms with Gasteiger partial charge in [0.25, 0.3) is 0 Å². The van der Waals surface area contributed by atoms with E-state index in [1.165, 1.54) is 6.26 Å². The van der Waals surface area contributed by atoms with Crippen LogP contribution in [0.2, 0.25) is 0 Å². The van der Waals surface area contributed by atoms with Crippen molar-refractivity contribution in [2.45, 2.75) is 6.04 Å². The third kappa shape index (κ3) is 3.29. The van der Waals surface area contributed by atoms with Crippen LogP contribution in [0.1, 0.15) is 17.4 Å². The number of hydrogen-bond donors (Lipinski definition) is 1. The zero-order valence-electron chi connectivity index (χ0n) is 11.7. The molecule has 0 aliphatic carbocycles. The summed E-state index contributed by atoms with van der Waals surface area (Å²) in [6.45, 7) is 2.75. The largest absolute Gasteiger partial charge is 0.467 e. The molecule has 1 aliphatic heterocycles. The lowest BCUT2D eigenvalue weighted by atomic mass is 10.0. The van der Waals surface area contributed by atoms with E-state index in [2.05, 4.69) is 5.32 Å². The van der Waals surface area contributed by atoms with Gasteiger partial charge in [-0.25, -0.2) is 13.2 Å². The number of nitrogens with zero attached hydrogens (tertiary/aromatic N) is 1. The van der Waals surface area contributed by atoms with E-state index in [4.69, 9.17) is 4.42 Å². The highest BCUT2D eigenvalue weighted by Crippen LogP contribution is 2.32. The van der Waals surface area contributed by atoms with E-state index in [-0.39, 0.29) is 18.0 Å². The number of piperazine rings is 1. The molecule has 3 rings (SSSR count). The van der Waals surface area contributed by atoms with Gasteiger partial charge in [0.05, 0.1) is 12.3 Å². The Morgan fingerprint density at radius 1 is 1.14 bits per heavy atom. The second kappa shape index (κ2) is 7.17. The van der Waals surface area contributed by atoms with E-state index >= 15 is 0 Å². The maximum atomic E-state index is 14.2. The molecule has 1 saturated heterocycles. The van der Waals surface area contributed by atoms with Gasteiger partial charge < -0.3 is 9.73 Å². The molecule has 120 valence electrons. The van der Waals surface area contributed by atoms with Gasteiger partial charge in [-0.2, -0.15) is 0 Å². The molecule has 1 N–H and O–H groups in total. The molecule has 2 aromatic rings. The summed E-state index contributed by atoms with van der Waals surface area (Å²) in [7, 11) is 0. The Morgan fingerprint density at radius 2 is 1.86 bits per heavy atom. The first-order chi connectivity index (χ1) is 10.2. The maximum Gasteiger partial charge on any atom is 0.164 e. The average Bonchev–Trinajstić information content (AvgIpc) is 2.99. The zero-order chi connectivity index (χ0) is 14.8. The fourth-order valence-electron chi connectivity index (χ4n) is 2.69. The van der Waals surface area contributed by atoms with Crippen molar-refractivity contribution in [2.24, 2.45) is 0 Å². The summed E-state index contributed by atoms with van der Waals surface area (Å²) in [6.07, 6.45) is 1.47. The third-order valence-electron chi connectivity index (χ3n) is 3.65. The quantitative estimate of drug-likeness (QED) is 0.875. The molecular formula is C15H16ClF3N2O. The second-order valence-corrected chi connectivity index (χ2v) is 4.99. The molecule has 0 saturated carbocycles. The van der Waals surface area contributed by atoms with E-state index < -0.39 is 23.5 Å². The molecule has 0 unspecified atom stereocenters. The average molecular weight is 333 g/mol. The van der Waals surface area contributed by atoms with Gasteiger partial charge in [-0.3, -0.25) is 4.90 Å². The van der Waals surface area contributed by atoms with E-state index in [9.17, 15) is 13.2 Å². The Kier molecular flexibility index (Phi) is 5.50. The molecule has 22 heavy (non-hydrogen) atoms. The normalized spacial score (nSPS) is 17.0. The van der Waals surface area contributed by atoms with Crippen molar-refractivity contribution < 1.29 is 17.6 Å². The monoisotopic (exact) mass is 332 g/mol. The van der Waals surface area contributed by atoms with Crippen LogP contribution in [-0.2, 0) is 0 Å². The fourth-order valence-corrected chi connectivity index (χ4v) is 2.69. The highest BCUT2D eigenvalue weighted by molar-refractivity contribution is 5.85. The minimum atomic E-state index is -1.18. The molecule has 1 aliphatic rings. The Balaban J connectivity index is 0.00000176. The summed E-state index contributed by atoms with van der Waals surface area (Å²) in [4.78, 5) is 1.95. The summed E-state index contributed by atoms with van der Waals surface area (Å²) in [5, 5.41) is 3.19. The third-order valence-corrected chi connectivity index (χ3v) is 3.65. The van der Waals surface area contributed by atoms with Gasteiger partial charge in [0.1, 0.15) is 11.6 Å². The van der Waals surface area contributed by atoms with Crippen LogP contribution in [-0.4, -0.2) is 31.1 Å². The van der Waals surface area contributed by atoms with Crippen molar-refractivity contribution in [3.05, 3.63) is 59.3 Å². The van der Waals surface area contributed by atoms with Crippen molar-refractivity contribution in [3.63, 3.8) is 0 Å². The van der Waals surface area contributed by atoms with Crippen LogP contribution in [0.25, 0.3) is 0 Å². The summed E-state index contributed by atoms with van der Waals surface area (Å²) >= 11 is 0. The first-order valence-electron chi connectivity index (χ1n) is 6.79. The minimum Gasteiger partial charge on any atom is -0.467 e. The predicted octanol–water partition coefficient (Wildman–Crippen LogP) is 3.11. The van der Waals surface area contributed by atoms with E-state index in [1.54, 1.807) is 12.1 Å². The summed E-state index contributed by atoms with van der Waals surface area (Å²) < 4.78 is 46.6. The van der Waals surface area contributed by atoms with Crippen molar-refractivity contribution in [2.75, 3.05) is 26.2 Å². The molecular weight excluding hydrogens is 317 g/mol.